The van der Waals surface area contributed by atoms with Gasteiger partial charge in [-0.2, -0.15) is 0 Å². The summed E-state index contributed by atoms with van der Waals surface area (Å²) in [6, 6.07) is 12.3. The Morgan fingerprint density at radius 2 is 1.92 bits per heavy atom. The van der Waals surface area contributed by atoms with Gasteiger partial charge in [-0.3, -0.25) is 10.1 Å². The first-order valence-electron chi connectivity index (χ1n) is 7.63. The fraction of sp³-hybridized carbons (Fsp3) is 0.167. The molecule has 0 saturated carbocycles. The van der Waals surface area contributed by atoms with Crippen LogP contribution in [0.15, 0.2) is 60.2 Å². The first-order chi connectivity index (χ1) is 12.0. The van der Waals surface area contributed by atoms with Crippen LogP contribution in [-0.2, 0) is 0 Å². The molecule has 0 aliphatic heterocycles. The van der Waals surface area contributed by atoms with Crippen molar-refractivity contribution in [1.82, 2.24) is 0 Å². The van der Waals surface area contributed by atoms with E-state index in [9.17, 15) is 14.9 Å². The molecule has 2 N–H and O–H groups in total. The van der Waals surface area contributed by atoms with Gasteiger partial charge < -0.3 is 15.4 Å². The number of rotatable bonds is 6. The third kappa shape index (κ3) is 5.65. The standard InChI is InChI=1S/C18H19N3O4/c1-13(2)10-11-25-15-7-5-6-14(12-15)19-18(22)20-16-8-3-4-9-17(16)21(23)24/h3-10,12H,11H2,1-2H3,(H2,19,20,22). The largest absolute Gasteiger partial charge is 0.489 e. The van der Waals surface area contributed by atoms with E-state index in [0.29, 0.717) is 18.0 Å². The topological polar surface area (TPSA) is 93.5 Å². The zero-order valence-electron chi connectivity index (χ0n) is 14.0. The number of urea groups is 1. The van der Waals surface area contributed by atoms with Gasteiger partial charge in [-0.15, -0.1) is 0 Å². The van der Waals surface area contributed by atoms with Crippen LogP contribution in [0.2, 0.25) is 0 Å². The van der Waals surface area contributed by atoms with Crippen molar-refractivity contribution in [3.63, 3.8) is 0 Å². The van der Waals surface area contributed by atoms with Crippen LogP contribution in [0.5, 0.6) is 5.75 Å². The quantitative estimate of drug-likeness (QED) is 0.457. The van der Waals surface area contributed by atoms with Crippen LogP contribution in [0, 0.1) is 10.1 Å². The number of carbonyl (C=O) groups excluding carboxylic acids is 1. The number of hydrogen-bond acceptors (Lipinski definition) is 4. The van der Waals surface area contributed by atoms with E-state index in [0.717, 1.165) is 5.57 Å². The second-order valence-corrected chi connectivity index (χ2v) is 5.47. The number of nitro benzene ring substituents is 1. The van der Waals surface area contributed by atoms with Gasteiger partial charge in [0.15, 0.2) is 0 Å². The minimum absolute atomic E-state index is 0.126. The predicted octanol–water partition coefficient (Wildman–Crippen LogP) is 4.58. The summed E-state index contributed by atoms with van der Waals surface area (Å²) in [5.74, 6) is 0.612. The number of amides is 2. The van der Waals surface area contributed by atoms with Gasteiger partial charge in [-0.25, -0.2) is 4.79 Å². The van der Waals surface area contributed by atoms with Crippen molar-refractivity contribution in [3.05, 3.63) is 70.3 Å². The molecular weight excluding hydrogens is 322 g/mol. The average Bonchev–Trinajstić information content (AvgIpc) is 2.55. The first-order valence-corrected chi connectivity index (χ1v) is 7.63. The maximum atomic E-state index is 12.1. The summed E-state index contributed by atoms with van der Waals surface area (Å²) in [4.78, 5) is 22.5. The molecule has 2 rings (SSSR count). The van der Waals surface area contributed by atoms with Gasteiger partial charge in [0.25, 0.3) is 5.69 Å². The molecule has 2 amide bonds. The van der Waals surface area contributed by atoms with Crippen LogP contribution >= 0.6 is 0 Å². The highest BCUT2D eigenvalue weighted by Gasteiger charge is 2.14. The summed E-state index contributed by atoms with van der Waals surface area (Å²) in [5.41, 5.74) is 1.63. The van der Waals surface area contributed by atoms with E-state index < -0.39 is 11.0 Å². The fourth-order valence-electron chi connectivity index (χ4n) is 1.99. The third-order valence-electron chi connectivity index (χ3n) is 3.18. The third-order valence-corrected chi connectivity index (χ3v) is 3.18. The average molecular weight is 341 g/mol. The van der Waals surface area contributed by atoms with Crippen molar-refractivity contribution >= 4 is 23.1 Å². The Kier molecular flexibility index (Phi) is 6.11. The highest BCUT2D eigenvalue weighted by molar-refractivity contribution is 6.01. The van der Waals surface area contributed by atoms with Crippen molar-refractivity contribution in [2.75, 3.05) is 17.2 Å². The molecule has 7 heteroatoms. The smallest absolute Gasteiger partial charge is 0.323 e. The van der Waals surface area contributed by atoms with Crippen LogP contribution < -0.4 is 15.4 Å². The first kappa shape index (κ1) is 18.0. The monoisotopic (exact) mass is 341 g/mol. The molecule has 0 atom stereocenters. The van der Waals surface area contributed by atoms with Crippen LogP contribution in [0.3, 0.4) is 0 Å². The van der Waals surface area contributed by atoms with Crippen molar-refractivity contribution < 1.29 is 14.5 Å². The van der Waals surface area contributed by atoms with E-state index in [1.165, 1.54) is 18.2 Å². The molecule has 0 radical (unpaired) electrons. The zero-order valence-corrected chi connectivity index (χ0v) is 14.0. The van der Waals surface area contributed by atoms with E-state index in [2.05, 4.69) is 10.6 Å². The number of anilines is 2. The number of nitro groups is 1. The molecule has 7 nitrogen and oxygen atoms in total. The van der Waals surface area contributed by atoms with Gasteiger partial charge in [0, 0.05) is 17.8 Å². The Morgan fingerprint density at radius 1 is 1.16 bits per heavy atom. The van der Waals surface area contributed by atoms with E-state index in [-0.39, 0.29) is 11.4 Å². The molecule has 0 aliphatic carbocycles. The van der Waals surface area contributed by atoms with E-state index >= 15 is 0 Å². The van der Waals surface area contributed by atoms with Gasteiger partial charge in [-0.1, -0.05) is 23.8 Å². The maximum Gasteiger partial charge on any atom is 0.323 e. The number of hydrogen-bond donors (Lipinski definition) is 2. The lowest BCUT2D eigenvalue weighted by Crippen LogP contribution is -2.20. The Labute approximate surface area is 145 Å². The highest BCUT2D eigenvalue weighted by Crippen LogP contribution is 2.24. The Hall–Kier alpha value is -3.35. The normalized spacial score (nSPS) is 9.84. The number of ether oxygens (including phenoxy) is 1. The number of allylic oxidation sites excluding steroid dienone is 1. The van der Waals surface area contributed by atoms with Gasteiger partial charge in [0.2, 0.25) is 0 Å². The molecule has 0 aromatic heterocycles. The molecule has 0 unspecified atom stereocenters. The summed E-state index contributed by atoms with van der Waals surface area (Å²) in [5, 5.41) is 16.1. The molecule has 2 aromatic carbocycles. The minimum atomic E-state index is -0.573. The highest BCUT2D eigenvalue weighted by atomic mass is 16.6. The minimum Gasteiger partial charge on any atom is -0.489 e. The van der Waals surface area contributed by atoms with Gasteiger partial charge in [-0.05, 0) is 38.1 Å². The summed E-state index contributed by atoms with van der Waals surface area (Å²) < 4.78 is 5.57. The van der Waals surface area contributed by atoms with Gasteiger partial charge in [0.05, 0.1) is 4.92 Å². The van der Waals surface area contributed by atoms with Crippen LogP contribution in [-0.4, -0.2) is 17.6 Å². The molecule has 0 heterocycles. The molecule has 25 heavy (non-hydrogen) atoms. The molecule has 0 bridgehead atoms. The molecule has 0 saturated heterocycles. The summed E-state index contributed by atoms with van der Waals surface area (Å²) in [7, 11) is 0. The van der Waals surface area contributed by atoms with Crippen molar-refractivity contribution in [2.24, 2.45) is 0 Å². The van der Waals surface area contributed by atoms with E-state index in [1.807, 2.05) is 19.9 Å². The maximum absolute atomic E-state index is 12.1. The molecule has 0 aliphatic rings. The van der Waals surface area contributed by atoms with Crippen LogP contribution in [0.25, 0.3) is 0 Å². The SMILES string of the molecule is CC(C)=CCOc1cccc(NC(=O)Nc2ccccc2[N+](=O)[O-])c1. The molecular formula is C18H19N3O4. The van der Waals surface area contributed by atoms with Crippen molar-refractivity contribution in [1.29, 1.82) is 0 Å². The number of para-hydroxylation sites is 2. The zero-order chi connectivity index (χ0) is 18.2. The number of nitrogens with zero attached hydrogens (tertiary/aromatic N) is 1. The van der Waals surface area contributed by atoms with Gasteiger partial charge in [0.1, 0.15) is 18.0 Å². The second kappa shape index (κ2) is 8.49. The molecule has 0 spiro atoms. The predicted molar refractivity (Wildman–Crippen MR) is 97.1 cm³/mol. The lowest BCUT2D eigenvalue weighted by atomic mass is 10.2. The summed E-state index contributed by atoms with van der Waals surface area (Å²) >= 11 is 0. The lowest BCUT2D eigenvalue weighted by Gasteiger charge is -2.09. The van der Waals surface area contributed by atoms with E-state index in [1.54, 1.807) is 30.3 Å². The second-order valence-electron chi connectivity index (χ2n) is 5.47. The van der Waals surface area contributed by atoms with E-state index in [4.69, 9.17) is 4.74 Å². The number of carbonyl (C=O) groups is 1. The lowest BCUT2D eigenvalue weighted by molar-refractivity contribution is -0.383. The number of nitrogens with one attached hydrogen (secondary N) is 2. The molecule has 2 aromatic rings. The van der Waals surface area contributed by atoms with Gasteiger partial charge >= 0.3 is 6.03 Å². The fourth-order valence-corrected chi connectivity index (χ4v) is 1.99. The van der Waals surface area contributed by atoms with Crippen LogP contribution in [0.4, 0.5) is 21.9 Å². The Morgan fingerprint density at radius 3 is 2.64 bits per heavy atom. The summed E-state index contributed by atoms with van der Waals surface area (Å²) in [6.07, 6.45) is 1.95. The molecule has 130 valence electrons. The van der Waals surface area contributed by atoms with Crippen LogP contribution in [0.1, 0.15) is 13.8 Å². The van der Waals surface area contributed by atoms with Crippen molar-refractivity contribution in [2.45, 2.75) is 13.8 Å². The van der Waals surface area contributed by atoms with Crippen molar-refractivity contribution in [3.8, 4) is 5.75 Å². The summed E-state index contributed by atoms with van der Waals surface area (Å²) in [6.45, 7) is 4.40. The number of benzene rings is 2. The Balaban J connectivity index is 2.01. The Bertz CT molecular complexity index is 798. The molecule has 0 fully saturated rings.